The minimum atomic E-state index is 0.850. The Hall–Kier alpha value is 0.340. The van der Waals surface area contributed by atoms with Crippen LogP contribution in [-0.2, 0) is 5.75 Å². The van der Waals surface area contributed by atoms with E-state index >= 15 is 0 Å². The van der Waals surface area contributed by atoms with E-state index in [1.165, 1.54) is 22.1 Å². The summed E-state index contributed by atoms with van der Waals surface area (Å²) in [5.41, 5.74) is 2.51. The lowest BCUT2D eigenvalue weighted by Crippen LogP contribution is -1.81. The van der Waals surface area contributed by atoms with Crippen LogP contribution in [0.25, 0.3) is 0 Å². The highest BCUT2D eigenvalue weighted by Gasteiger charge is 1.98. The third-order valence-corrected chi connectivity index (χ3v) is 2.90. The lowest BCUT2D eigenvalue weighted by molar-refractivity contribution is 1.34. The summed E-state index contributed by atoms with van der Waals surface area (Å²) in [7, 11) is 6.86. The molecule has 60 valence electrons. The fraction of sp³-hybridized carbons (Fsp3) is 0.250. The van der Waals surface area contributed by atoms with Crippen LogP contribution in [0.3, 0.4) is 0 Å². The quantitative estimate of drug-likeness (QED) is 0.761. The Balaban J connectivity index is 2.90. The van der Waals surface area contributed by atoms with Crippen LogP contribution in [0.5, 0.6) is 0 Å². The molecule has 3 heteroatoms. The van der Waals surface area contributed by atoms with Gasteiger partial charge < -0.3 is 0 Å². The maximum Gasteiger partial charge on any atom is 0.0348 e. The monoisotopic (exact) mass is 250 g/mol. The van der Waals surface area contributed by atoms with E-state index in [1.54, 1.807) is 0 Å². The molecule has 0 aliphatic carbocycles. The van der Waals surface area contributed by atoms with Crippen molar-refractivity contribution < 1.29 is 0 Å². The molecule has 0 unspecified atom stereocenters. The summed E-state index contributed by atoms with van der Waals surface area (Å²) < 4.78 is 1.14. The molecule has 0 saturated heterocycles. The minimum absolute atomic E-state index is 0.850. The third kappa shape index (κ3) is 2.69. The topological polar surface area (TPSA) is 0 Å². The first-order valence-electron chi connectivity index (χ1n) is 3.22. The van der Waals surface area contributed by atoms with Crippen LogP contribution in [-0.4, -0.2) is 0 Å². The molecule has 0 spiro atoms. The van der Waals surface area contributed by atoms with Crippen molar-refractivity contribution in [2.75, 3.05) is 0 Å². The van der Waals surface area contributed by atoms with Gasteiger partial charge in [-0.2, -0.15) is 0 Å². The van der Waals surface area contributed by atoms with Gasteiger partial charge in [0.1, 0.15) is 0 Å². The zero-order valence-electron chi connectivity index (χ0n) is 6.10. The molecule has 0 nitrogen and oxygen atoms in total. The Morgan fingerprint density at radius 3 is 2.82 bits per heavy atom. The van der Waals surface area contributed by atoms with Crippen LogP contribution < -0.4 is 0 Å². The van der Waals surface area contributed by atoms with Gasteiger partial charge in [0.25, 0.3) is 0 Å². The first-order valence-corrected chi connectivity index (χ1v) is 5.83. The maximum atomic E-state index is 5.54. The molecule has 0 amide bonds. The lowest BCUT2D eigenvalue weighted by atomic mass is 10.2. The Morgan fingerprint density at radius 1 is 1.55 bits per heavy atom. The average Bonchev–Trinajstić information content (AvgIpc) is 1.95. The largest absolute Gasteiger partial charge is 0.0589 e. The fourth-order valence-electron chi connectivity index (χ4n) is 0.828. The average molecular weight is 252 g/mol. The number of benzene rings is 1. The summed E-state index contributed by atoms with van der Waals surface area (Å²) in [5, 5.41) is 0. The molecular weight excluding hydrogens is 244 g/mol. The molecule has 0 aliphatic heterocycles. The summed E-state index contributed by atoms with van der Waals surface area (Å²) >= 11 is 3.48. The zero-order chi connectivity index (χ0) is 8.27. The van der Waals surface area contributed by atoms with Gasteiger partial charge >= 0.3 is 0 Å². The molecule has 1 rings (SSSR count). The van der Waals surface area contributed by atoms with Crippen LogP contribution in [0, 0.1) is 6.92 Å². The smallest absolute Gasteiger partial charge is 0.0348 e. The van der Waals surface area contributed by atoms with Gasteiger partial charge in [-0.25, -0.2) is 0 Å². The molecule has 0 radical (unpaired) electrons. The molecule has 1 aromatic carbocycles. The molecule has 0 fully saturated rings. The molecule has 0 aromatic heterocycles. The van der Waals surface area contributed by atoms with Crippen molar-refractivity contribution >= 4 is 37.6 Å². The van der Waals surface area contributed by atoms with Crippen molar-refractivity contribution in [3.63, 3.8) is 0 Å². The third-order valence-electron chi connectivity index (χ3n) is 1.42. The van der Waals surface area contributed by atoms with E-state index in [2.05, 4.69) is 41.1 Å². The van der Waals surface area contributed by atoms with Crippen molar-refractivity contribution in [1.82, 2.24) is 0 Å². The zero-order valence-corrected chi connectivity index (χ0v) is 9.26. The second kappa shape index (κ2) is 4.39. The molecule has 0 atom stereocenters. The van der Waals surface area contributed by atoms with E-state index in [4.69, 9.17) is 10.7 Å². The Labute approximate surface area is 84.0 Å². The van der Waals surface area contributed by atoms with Crippen LogP contribution in [0.15, 0.2) is 22.7 Å². The standard InChI is InChI=1S/C8H8BrClS/c1-6-2-3-7(5-11-10)8(9)4-6/h2-4H,5H2,1H3. The Bertz CT molecular complexity index is 250. The Morgan fingerprint density at radius 2 is 2.27 bits per heavy atom. The minimum Gasteiger partial charge on any atom is -0.0589 e. The number of hydrogen-bond donors (Lipinski definition) is 0. The van der Waals surface area contributed by atoms with Crippen LogP contribution in [0.1, 0.15) is 11.1 Å². The van der Waals surface area contributed by atoms with Gasteiger partial charge in [-0.1, -0.05) is 39.0 Å². The number of rotatable bonds is 2. The van der Waals surface area contributed by atoms with E-state index in [0.29, 0.717) is 0 Å². The van der Waals surface area contributed by atoms with Gasteiger partial charge in [0.2, 0.25) is 0 Å². The van der Waals surface area contributed by atoms with Crippen molar-refractivity contribution in [1.29, 1.82) is 0 Å². The van der Waals surface area contributed by atoms with E-state index in [1.807, 2.05) is 0 Å². The predicted octanol–water partition coefficient (Wildman–Crippen LogP) is 4.14. The summed E-state index contributed by atoms with van der Waals surface area (Å²) in [6.45, 7) is 2.07. The van der Waals surface area contributed by atoms with Crippen molar-refractivity contribution in [3.05, 3.63) is 33.8 Å². The van der Waals surface area contributed by atoms with Crippen LogP contribution in [0.2, 0.25) is 0 Å². The summed E-state index contributed by atoms with van der Waals surface area (Å²) in [6, 6.07) is 6.28. The van der Waals surface area contributed by atoms with Crippen molar-refractivity contribution in [3.8, 4) is 0 Å². The van der Waals surface area contributed by atoms with Crippen LogP contribution in [0.4, 0.5) is 0 Å². The SMILES string of the molecule is Cc1ccc(CSCl)c(Br)c1. The van der Waals surface area contributed by atoms with E-state index in [9.17, 15) is 0 Å². The molecular formula is C8H8BrClS. The molecule has 11 heavy (non-hydrogen) atoms. The normalized spacial score (nSPS) is 10.1. The second-order valence-electron chi connectivity index (χ2n) is 2.35. The first kappa shape index (κ1) is 9.43. The van der Waals surface area contributed by atoms with Crippen molar-refractivity contribution in [2.24, 2.45) is 0 Å². The van der Waals surface area contributed by atoms with Gasteiger partial charge in [-0.05, 0) is 34.8 Å². The predicted molar refractivity (Wildman–Crippen MR) is 56.0 cm³/mol. The van der Waals surface area contributed by atoms with Gasteiger partial charge in [0, 0.05) is 10.2 Å². The van der Waals surface area contributed by atoms with Gasteiger partial charge in [0.05, 0.1) is 0 Å². The lowest BCUT2D eigenvalue weighted by Gasteiger charge is -2.01. The summed E-state index contributed by atoms with van der Waals surface area (Å²) in [6.07, 6.45) is 0. The fourth-order valence-corrected chi connectivity index (χ4v) is 2.37. The van der Waals surface area contributed by atoms with E-state index in [-0.39, 0.29) is 0 Å². The second-order valence-corrected chi connectivity index (χ2v) is 4.36. The molecule has 0 heterocycles. The molecule has 0 bridgehead atoms. The van der Waals surface area contributed by atoms with Gasteiger partial charge in [-0.15, -0.1) is 0 Å². The van der Waals surface area contributed by atoms with Gasteiger partial charge in [0.15, 0.2) is 0 Å². The molecule has 1 aromatic rings. The van der Waals surface area contributed by atoms with E-state index < -0.39 is 0 Å². The molecule has 0 saturated carbocycles. The maximum absolute atomic E-state index is 5.54. The van der Waals surface area contributed by atoms with Crippen molar-refractivity contribution in [2.45, 2.75) is 12.7 Å². The van der Waals surface area contributed by atoms with Crippen LogP contribution >= 0.6 is 37.6 Å². The highest BCUT2D eigenvalue weighted by molar-refractivity contribution is 9.10. The summed E-state index contributed by atoms with van der Waals surface area (Å²) in [4.78, 5) is 0. The summed E-state index contributed by atoms with van der Waals surface area (Å²) in [5.74, 6) is 0.850. The number of halogens is 2. The van der Waals surface area contributed by atoms with E-state index in [0.717, 1.165) is 10.2 Å². The number of hydrogen-bond acceptors (Lipinski definition) is 1. The molecule has 0 N–H and O–H groups in total. The number of aryl methyl sites for hydroxylation is 1. The Kier molecular flexibility index (Phi) is 3.76. The highest BCUT2D eigenvalue weighted by atomic mass is 79.9. The highest BCUT2D eigenvalue weighted by Crippen LogP contribution is 2.24. The first-order chi connectivity index (χ1) is 5.24. The molecule has 0 aliphatic rings. The van der Waals surface area contributed by atoms with Gasteiger partial charge in [-0.3, -0.25) is 0 Å².